The number of hydrogen-bond donors (Lipinski definition) is 0. The Morgan fingerprint density at radius 3 is 1.29 bits per heavy atom. The van der Waals surface area contributed by atoms with Gasteiger partial charge in [-0.1, -0.05) is 0 Å². The molecule has 0 saturated heterocycles. The van der Waals surface area contributed by atoms with Crippen LogP contribution in [0.25, 0.3) is 0 Å². The molecule has 1 nitrogen and oxygen atoms in total. The van der Waals surface area contributed by atoms with Crippen LogP contribution in [0, 0.1) is 118 Å². The zero-order valence-corrected chi connectivity index (χ0v) is 13.0. The fourth-order valence-electron chi connectivity index (χ4n) is 0.693. The molecular weight excluding hydrogens is 289 g/mol. The molecule has 0 aliphatic heterocycles. The summed E-state index contributed by atoms with van der Waals surface area (Å²) in [5.74, 6) is 48.2. The third-order valence-corrected chi connectivity index (χ3v) is 1.45. The summed E-state index contributed by atoms with van der Waals surface area (Å²) in [5, 5.41) is 0. The molecule has 0 unspecified atom stereocenters. The molecule has 102 valence electrons. The Hall–Kier alpha value is -4.54. The summed E-state index contributed by atoms with van der Waals surface area (Å²) in [7, 11) is 1.31. The van der Waals surface area contributed by atoms with Gasteiger partial charge in [-0.15, -0.1) is 0 Å². The zero-order chi connectivity index (χ0) is 17.6. The van der Waals surface area contributed by atoms with E-state index in [0.29, 0.717) is 0 Å². The van der Waals surface area contributed by atoms with E-state index in [2.05, 4.69) is 123 Å². The first-order valence-electron chi connectivity index (χ1n) is 6.27. The molecule has 0 aromatic rings. The topological polar surface area (TPSA) is 12.4 Å². The fraction of sp³-hybridized carbons (Fsp3) is 0.0909. The standard InChI is InChI=1S/C22H6BN/c1-3-5-7-9-11-13-15-17-19-21-23-24-22-20-18-16-14-12-10-8-6-4-2/h1-2H3. The minimum atomic E-state index is 1.31. The van der Waals surface area contributed by atoms with E-state index >= 15 is 0 Å². The molecule has 0 atom stereocenters. The van der Waals surface area contributed by atoms with Crippen LogP contribution in [0.2, 0.25) is 0 Å². The van der Waals surface area contributed by atoms with Gasteiger partial charge >= 0.3 is 144 Å². The Morgan fingerprint density at radius 2 is 0.833 bits per heavy atom. The zero-order valence-electron chi connectivity index (χ0n) is 13.0. The quantitative estimate of drug-likeness (QED) is 0.464. The number of rotatable bonds is 0. The number of hydrogen-bond acceptors (Lipinski definition) is 1. The van der Waals surface area contributed by atoms with E-state index in [1.165, 1.54) is 7.07 Å². The molecule has 0 amide bonds. The molecule has 0 aliphatic carbocycles. The van der Waals surface area contributed by atoms with Crippen LogP contribution in [0.5, 0.6) is 0 Å². The summed E-state index contributed by atoms with van der Waals surface area (Å²) in [5.41, 5.74) is 0. The van der Waals surface area contributed by atoms with E-state index in [-0.39, 0.29) is 0 Å². The van der Waals surface area contributed by atoms with Gasteiger partial charge in [-0.25, -0.2) is 0 Å². The van der Waals surface area contributed by atoms with Crippen LogP contribution in [-0.2, 0) is 0 Å². The number of nitrogens with zero attached hydrogens (tertiary/aromatic N) is 1. The summed E-state index contributed by atoms with van der Waals surface area (Å²) < 4.78 is 0. The van der Waals surface area contributed by atoms with Crippen LogP contribution < -0.4 is 0 Å². The molecule has 0 spiro atoms. The van der Waals surface area contributed by atoms with Crippen molar-refractivity contribution in [3.8, 4) is 118 Å². The second kappa shape index (κ2) is 18.5. The average Bonchev–Trinajstić information content (AvgIpc) is 2.60. The predicted octanol–water partition coefficient (Wildman–Crippen LogP) is 0.863. The van der Waals surface area contributed by atoms with Crippen LogP contribution in [-0.4, -0.2) is 7.07 Å². The van der Waals surface area contributed by atoms with Crippen molar-refractivity contribution in [2.24, 2.45) is 4.90 Å². The van der Waals surface area contributed by atoms with E-state index in [4.69, 9.17) is 0 Å². The van der Waals surface area contributed by atoms with Crippen LogP contribution in [0.3, 0.4) is 0 Å². The molecule has 0 fully saturated rings. The fourth-order valence-corrected chi connectivity index (χ4v) is 0.693. The van der Waals surface area contributed by atoms with Crippen LogP contribution in [0.1, 0.15) is 13.8 Å². The van der Waals surface area contributed by atoms with E-state index in [0.717, 1.165) is 0 Å². The van der Waals surface area contributed by atoms with E-state index in [1.54, 1.807) is 13.8 Å². The summed E-state index contributed by atoms with van der Waals surface area (Å²) >= 11 is 0. The molecule has 0 aromatic carbocycles. The maximum atomic E-state index is 3.70. The van der Waals surface area contributed by atoms with Gasteiger partial charge in [-0.3, -0.25) is 0 Å². The van der Waals surface area contributed by atoms with Crippen molar-refractivity contribution in [2.75, 3.05) is 0 Å². The Kier molecular flexibility index (Phi) is 15.0. The molecule has 24 heavy (non-hydrogen) atoms. The summed E-state index contributed by atoms with van der Waals surface area (Å²) in [4.78, 5) is 3.70. The first-order valence-corrected chi connectivity index (χ1v) is 6.27. The van der Waals surface area contributed by atoms with Gasteiger partial charge in [0.2, 0.25) is 0 Å². The Labute approximate surface area is 144 Å². The molecular formula is C22H6BN. The van der Waals surface area contributed by atoms with Gasteiger partial charge in [0.15, 0.2) is 0 Å². The van der Waals surface area contributed by atoms with Crippen LogP contribution in [0.15, 0.2) is 4.90 Å². The van der Waals surface area contributed by atoms with Gasteiger partial charge in [-0.05, 0) is 0 Å². The van der Waals surface area contributed by atoms with Crippen molar-refractivity contribution < 1.29 is 0 Å². The Morgan fingerprint density at radius 1 is 0.458 bits per heavy atom. The predicted molar refractivity (Wildman–Crippen MR) is 97.3 cm³/mol. The maximum absolute atomic E-state index is 3.70. The molecule has 2 heteroatoms. The van der Waals surface area contributed by atoms with Crippen LogP contribution >= 0.6 is 0 Å². The van der Waals surface area contributed by atoms with Gasteiger partial charge in [0.05, 0.1) is 0 Å². The molecule has 0 heterocycles. The second-order valence-electron chi connectivity index (χ2n) is 3.01. The van der Waals surface area contributed by atoms with Crippen molar-refractivity contribution in [1.82, 2.24) is 0 Å². The monoisotopic (exact) mass is 295 g/mol. The van der Waals surface area contributed by atoms with E-state index < -0.39 is 0 Å². The molecule has 0 aliphatic rings. The summed E-state index contributed by atoms with van der Waals surface area (Å²) in [6.07, 6.45) is 0. The van der Waals surface area contributed by atoms with E-state index in [9.17, 15) is 0 Å². The second-order valence-corrected chi connectivity index (χ2v) is 3.01. The van der Waals surface area contributed by atoms with Crippen molar-refractivity contribution in [1.29, 1.82) is 0 Å². The SMILES string of the molecule is CC#CC#CC#CC#CC#CB=NC#CC#CC#CC#CC#CC. The normalized spacial score (nSPS) is 4.58. The molecule has 0 saturated carbocycles. The van der Waals surface area contributed by atoms with Crippen LogP contribution in [0.4, 0.5) is 0 Å². The van der Waals surface area contributed by atoms with Gasteiger partial charge in [-0.2, -0.15) is 0 Å². The molecule has 0 radical (unpaired) electrons. The van der Waals surface area contributed by atoms with E-state index in [1.807, 2.05) is 0 Å². The molecule has 0 bridgehead atoms. The third kappa shape index (κ3) is 17.5. The van der Waals surface area contributed by atoms with Crippen molar-refractivity contribution in [2.45, 2.75) is 13.8 Å². The first-order chi connectivity index (χ1) is 11.9. The minimum absolute atomic E-state index is 1.31. The Balaban J connectivity index is 4.32. The van der Waals surface area contributed by atoms with Crippen molar-refractivity contribution >= 4 is 7.07 Å². The average molecular weight is 295 g/mol. The van der Waals surface area contributed by atoms with Gasteiger partial charge in [0.25, 0.3) is 0 Å². The first kappa shape index (κ1) is 19.5. The van der Waals surface area contributed by atoms with Crippen molar-refractivity contribution in [3.05, 3.63) is 0 Å². The van der Waals surface area contributed by atoms with Gasteiger partial charge in [0.1, 0.15) is 0 Å². The van der Waals surface area contributed by atoms with Gasteiger partial charge in [0, 0.05) is 0 Å². The summed E-state index contributed by atoms with van der Waals surface area (Å²) in [6.45, 7) is 3.40. The Bertz CT molecular complexity index is 1020. The molecule has 0 rings (SSSR count). The van der Waals surface area contributed by atoms with Crippen molar-refractivity contribution in [3.63, 3.8) is 0 Å². The third-order valence-electron chi connectivity index (χ3n) is 1.45. The summed E-state index contributed by atoms with van der Waals surface area (Å²) in [6, 6.07) is 2.44. The van der Waals surface area contributed by atoms with Gasteiger partial charge < -0.3 is 0 Å². The molecule has 0 N–H and O–H groups in total. The molecule has 0 aromatic heterocycles.